The molecular weight excluding hydrogens is 192 g/mol. The van der Waals surface area contributed by atoms with Crippen LogP contribution in [0.5, 0.6) is 0 Å². The number of aromatic nitrogens is 2. The van der Waals surface area contributed by atoms with Gasteiger partial charge in [0.2, 0.25) is 0 Å². The normalized spacial score (nSPS) is 9.92. The molecule has 70 valence electrons. The Labute approximate surface area is 80.6 Å². The molecule has 0 aromatic carbocycles. The summed E-state index contributed by atoms with van der Waals surface area (Å²) in [5.41, 5.74) is 0.704. The van der Waals surface area contributed by atoms with Crippen molar-refractivity contribution in [1.29, 1.82) is 0 Å². The lowest BCUT2D eigenvalue weighted by molar-refractivity contribution is 0.0694. The molecule has 1 rings (SSSR count). The second-order valence-electron chi connectivity index (χ2n) is 2.48. The maximum absolute atomic E-state index is 10.7. The number of hydrogen-bond donors (Lipinski definition) is 1. The van der Waals surface area contributed by atoms with Crippen molar-refractivity contribution < 1.29 is 9.90 Å². The minimum absolute atomic E-state index is 0.160. The summed E-state index contributed by atoms with van der Waals surface area (Å²) >= 11 is 5.49. The summed E-state index contributed by atoms with van der Waals surface area (Å²) in [6.07, 6.45) is 3.95. The molecule has 0 fully saturated rings. The van der Waals surface area contributed by atoms with E-state index in [1.54, 1.807) is 0 Å². The highest BCUT2D eigenvalue weighted by molar-refractivity contribution is 6.17. The average molecular weight is 201 g/mol. The zero-order chi connectivity index (χ0) is 9.68. The van der Waals surface area contributed by atoms with Gasteiger partial charge in [0.05, 0.1) is 11.3 Å². The zero-order valence-electron chi connectivity index (χ0n) is 6.90. The van der Waals surface area contributed by atoms with E-state index in [0.717, 1.165) is 6.42 Å². The minimum atomic E-state index is -0.995. The molecule has 0 aliphatic rings. The van der Waals surface area contributed by atoms with Crippen molar-refractivity contribution in [2.75, 3.05) is 5.88 Å². The van der Waals surface area contributed by atoms with Gasteiger partial charge in [-0.05, 0) is 12.8 Å². The highest BCUT2D eigenvalue weighted by Gasteiger charge is 2.10. The van der Waals surface area contributed by atoms with Gasteiger partial charge >= 0.3 is 5.97 Å². The molecule has 1 heterocycles. The number of rotatable bonds is 4. The van der Waals surface area contributed by atoms with Crippen LogP contribution in [0.15, 0.2) is 12.5 Å². The van der Waals surface area contributed by atoms with E-state index in [0.29, 0.717) is 18.0 Å². The number of carboxylic acids is 1. The van der Waals surface area contributed by atoms with E-state index < -0.39 is 5.97 Å². The SMILES string of the molecule is O=C(O)c1cncnc1CCCCl. The number of aromatic carboxylic acids is 1. The van der Waals surface area contributed by atoms with Crippen LogP contribution in [-0.2, 0) is 6.42 Å². The molecule has 0 bridgehead atoms. The first-order valence-electron chi connectivity index (χ1n) is 3.84. The average Bonchev–Trinajstić information content (AvgIpc) is 2.15. The Morgan fingerprint density at radius 1 is 1.62 bits per heavy atom. The summed E-state index contributed by atoms with van der Waals surface area (Å²) in [6, 6.07) is 0. The summed E-state index contributed by atoms with van der Waals surface area (Å²) in [7, 11) is 0. The van der Waals surface area contributed by atoms with Crippen molar-refractivity contribution in [2.24, 2.45) is 0 Å². The van der Waals surface area contributed by atoms with Gasteiger partial charge in [0.25, 0.3) is 0 Å². The van der Waals surface area contributed by atoms with Crippen LogP contribution >= 0.6 is 11.6 Å². The Bertz CT molecular complexity index is 304. The van der Waals surface area contributed by atoms with Gasteiger partial charge < -0.3 is 5.11 Å². The van der Waals surface area contributed by atoms with Gasteiger partial charge in [-0.25, -0.2) is 14.8 Å². The van der Waals surface area contributed by atoms with Crippen LogP contribution in [-0.4, -0.2) is 26.9 Å². The molecule has 0 amide bonds. The van der Waals surface area contributed by atoms with E-state index in [4.69, 9.17) is 16.7 Å². The molecule has 0 unspecified atom stereocenters. The zero-order valence-corrected chi connectivity index (χ0v) is 7.66. The Balaban J connectivity index is 2.84. The van der Waals surface area contributed by atoms with Crippen LogP contribution < -0.4 is 0 Å². The molecule has 1 aromatic rings. The standard InChI is InChI=1S/C8H9ClN2O2/c9-3-1-2-7-6(8(12)13)4-10-5-11-7/h4-5H,1-3H2,(H,12,13). The quantitative estimate of drug-likeness (QED) is 0.746. The lowest BCUT2D eigenvalue weighted by Crippen LogP contribution is -2.05. The predicted molar refractivity (Wildman–Crippen MR) is 48.0 cm³/mol. The van der Waals surface area contributed by atoms with Gasteiger partial charge in [0, 0.05) is 12.1 Å². The van der Waals surface area contributed by atoms with Gasteiger partial charge in [-0.2, -0.15) is 0 Å². The maximum atomic E-state index is 10.7. The number of hydrogen-bond acceptors (Lipinski definition) is 3. The molecule has 0 atom stereocenters. The van der Waals surface area contributed by atoms with Crippen molar-refractivity contribution in [2.45, 2.75) is 12.8 Å². The third-order valence-corrected chi connectivity index (χ3v) is 1.84. The fourth-order valence-corrected chi connectivity index (χ4v) is 1.10. The van der Waals surface area contributed by atoms with Crippen LogP contribution in [0.1, 0.15) is 22.5 Å². The van der Waals surface area contributed by atoms with Crippen LogP contribution in [0.25, 0.3) is 0 Å². The molecule has 5 heteroatoms. The smallest absolute Gasteiger partial charge is 0.339 e. The lowest BCUT2D eigenvalue weighted by atomic mass is 10.1. The lowest BCUT2D eigenvalue weighted by Gasteiger charge is -2.01. The molecule has 4 nitrogen and oxygen atoms in total. The van der Waals surface area contributed by atoms with E-state index in [-0.39, 0.29) is 5.56 Å². The third-order valence-electron chi connectivity index (χ3n) is 1.57. The molecule has 0 spiro atoms. The molecule has 1 aromatic heterocycles. The van der Waals surface area contributed by atoms with Crippen LogP contribution in [0, 0.1) is 0 Å². The maximum Gasteiger partial charge on any atom is 0.339 e. The molecule has 13 heavy (non-hydrogen) atoms. The number of aryl methyl sites for hydroxylation is 1. The van der Waals surface area contributed by atoms with Crippen molar-refractivity contribution >= 4 is 17.6 Å². The van der Waals surface area contributed by atoms with Gasteiger partial charge in [0.1, 0.15) is 6.33 Å². The summed E-state index contributed by atoms with van der Waals surface area (Å²) in [4.78, 5) is 18.2. The highest BCUT2D eigenvalue weighted by Crippen LogP contribution is 2.06. The van der Waals surface area contributed by atoms with E-state index >= 15 is 0 Å². The van der Waals surface area contributed by atoms with Crippen LogP contribution in [0.3, 0.4) is 0 Å². The summed E-state index contributed by atoms with van der Waals surface area (Å²) < 4.78 is 0. The summed E-state index contributed by atoms with van der Waals surface area (Å²) in [5.74, 6) is -0.492. The van der Waals surface area contributed by atoms with E-state index in [9.17, 15) is 4.79 Å². The fraction of sp³-hybridized carbons (Fsp3) is 0.375. The van der Waals surface area contributed by atoms with Gasteiger partial charge in [0.15, 0.2) is 0 Å². The first-order chi connectivity index (χ1) is 6.25. The van der Waals surface area contributed by atoms with Crippen LogP contribution in [0.4, 0.5) is 0 Å². The van der Waals surface area contributed by atoms with Crippen LogP contribution in [0.2, 0.25) is 0 Å². The fourth-order valence-electron chi connectivity index (χ4n) is 0.967. The molecule has 0 saturated carbocycles. The Morgan fingerprint density at radius 3 is 3.00 bits per heavy atom. The van der Waals surface area contributed by atoms with Crippen molar-refractivity contribution in [3.63, 3.8) is 0 Å². The first kappa shape index (κ1) is 9.92. The number of halogens is 1. The predicted octanol–water partition coefficient (Wildman–Crippen LogP) is 1.35. The Hall–Kier alpha value is -1.16. The minimum Gasteiger partial charge on any atom is -0.478 e. The summed E-state index contributed by atoms with van der Waals surface area (Å²) in [5, 5.41) is 8.75. The second-order valence-corrected chi connectivity index (χ2v) is 2.86. The van der Waals surface area contributed by atoms with Gasteiger partial charge in [-0.1, -0.05) is 0 Å². The van der Waals surface area contributed by atoms with Gasteiger partial charge in [-0.15, -0.1) is 11.6 Å². The van der Waals surface area contributed by atoms with Crippen molar-refractivity contribution in [3.05, 3.63) is 23.8 Å². The molecule has 0 aliphatic heterocycles. The molecule has 0 aliphatic carbocycles. The van der Waals surface area contributed by atoms with Crippen molar-refractivity contribution in [1.82, 2.24) is 9.97 Å². The molecule has 0 saturated heterocycles. The number of alkyl halides is 1. The molecule has 0 radical (unpaired) electrons. The largest absolute Gasteiger partial charge is 0.478 e. The Kier molecular flexibility index (Phi) is 3.64. The van der Waals surface area contributed by atoms with Gasteiger partial charge in [-0.3, -0.25) is 0 Å². The topological polar surface area (TPSA) is 63.1 Å². The monoisotopic (exact) mass is 200 g/mol. The molecular formula is C8H9ClN2O2. The highest BCUT2D eigenvalue weighted by atomic mass is 35.5. The Morgan fingerprint density at radius 2 is 2.38 bits per heavy atom. The van der Waals surface area contributed by atoms with E-state index in [2.05, 4.69) is 9.97 Å². The third kappa shape index (κ3) is 2.66. The molecule has 1 N–H and O–H groups in total. The second kappa shape index (κ2) is 4.77. The number of carboxylic acid groups (broad SMARTS) is 1. The summed E-state index contributed by atoms with van der Waals surface area (Å²) in [6.45, 7) is 0. The number of carbonyl (C=O) groups is 1. The van der Waals surface area contributed by atoms with E-state index in [1.165, 1.54) is 12.5 Å². The first-order valence-corrected chi connectivity index (χ1v) is 4.37. The van der Waals surface area contributed by atoms with E-state index in [1.807, 2.05) is 0 Å². The van der Waals surface area contributed by atoms with Crippen molar-refractivity contribution in [3.8, 4) is 0 Å². The number of nitrogens with zero attached hydrogens (tertiary/aromatic N) is 2.